The number of hydrogen-bond donors (Lipinski definition) is 0. The standard InChI is InChI=1S/C15H13.C11H16O.CH2.Ti/c1-10-5-3-7-12-13-8-4-6-11(2)15(13)9-14(10)12;1-8-5-9(11(2,3)4)7-10(12)6-8;;/h3-9H,1-2H3;5-7,12H,1-4H3;1H2;/q;;;+1/p-1. The van der Waals surface area contributed by atoms with E-state index in [1.165, 1.54) is 39.0 Å². The molecule has 0 amide bonds. The van der Waals surface area contributed by atoms with Gasteiger partial charge in [-0.05, 0) is 0 Å². The van der Waals surface area contributed by atoms with Crippen molar-refractivity contribution in [3.05, 3.63) is 88.0 Å². The van der Waals surface area contributed by atoms with Gasteiger partial charge in [0.05, 0.1) is 0 Å². The molecule has 2 heteroatoms. The van der Waals surface area contributed by atoms with E-state index in [1.54, 1.807) is 0 Å². The van der Waals surface area contributed by atoms with Gasteiger partial charge in [0.1, 0.15) is 0 Å². The van der Waals surface area contributed by atoms with Crippen molar-refractivity contribution in [3.63, 3.8) is 0 Å². The summed E-state index contributed by atoms with van der Waals surface area (Å²) in [7, 11) is 0. The summed E-state index contributed by atoms with van der Waals surface area (Å²) < 4.78 is 6.52. The zero-order valence-corrected chi connectivity index (χ0v) is 20.0. The van der Waals surface area contributed by atoms with Crippen LogP contribution in [0, 0.1) is 13.8 Å². The molecule has 2 aromatic rings. The fourth-order valence-corrected chi connectivity index (χ4v) is 6.43. The number of aryl methyl sites for hydroxylation is 2. The number of allylic oxidation sites excluding steroid dienone is 5. The third-order valence-corrected chi connectivity index (χ3v) is 9.43. The summed E-state index contributed by atoms with van der Waals surface area (Å²) in [6, 6.07) is 13.2. The minimum absolute atomic E-state index is 0.100. The van der Waals surface area contributed by atoms with Crippen LogP contribution in [0.25, 0.3) is 11.6 Å². The number of hydrogen-bond acceptors (Lipinski definition) is 1. The van der Waals surface area contributed by atoms with Crippen LogP contribution in [0.4, 0.5) is 0 Å². The predicted octanol–water partition coefficient (Wildman–Crippen LogP) is 7.17. The van der Waals surface area contributed by atoms with Gasteiger partial charge in [-0.2, -0.15) is 0 Å². The van der Waals surface area contributed by atoms with Crippen molar-refractivity contribution < 1.29 is 21.1 Å². The van der Waals surface area contributed by atoms with Crippen molar-refractivity contribution in [2.45, 2.75) is 50.7 Å². The first-order valence-corrected chi connectivity index (χ1v) is 12.8. The van der Waals surface area contributed by atoms with Crippen LogP contribution in [0.15, 0.2) is 60.2 Å². The molecule has 0 aliphatic heterocycles. The van der Waals surface area contributed by atoms with Crippen LogP contribution in [-0.2, 0) is 23.2 Å². The van der Waals surface area contributed by atoms with E-state index in [0.717, 1.165) is 5.75 Å². The molecule has 0 spiro atoms. The summed E-state index contributed by atoms with van der Waals surface area (Å²) in [6.07, 6.45) is 9.13. The summed E-state index contributed by atoms with van der Waals surface area (Å²) in [4.78, 5) is 4.62. The number of rotatable bonds is 3. The molecular formula is C27H30OTi. The molecule has 148 valence electrons. The zero-order chi connectivity index (χ0) is 21.0. The predicted molar refractivity (Wildman–Crippen MR) is 122 cm³/mol. The Morgan fingerprint density at radius 1 is 1.07 bits per heavy atom. The minimum atomic E-state index is -2.22. The van der Waals surface area contributed by atoms with E-state index in [4.69, 9.17) is 3.32 Å². The average Bonchev–Trinajstić information content (AvgIpc) is 3.02. The van der Waals surface area contributed by atoms with Gasteiger partial charge in [-0.1, -0.05) is 0 Å². The topological polar surface area (TPSA) is 9.23 Å². The summed E-state index contributed by atoms with van der Waals surface area (Å²) in [5.74, 6) is 0.970. The number of fused-ring (bicyclic) bond motifs is 3. The Bertz CT molecular complexity index is 1110. The molecule has 0 aromatic heterocycles. The molecule has 1 nitrogen and oxygen atoms in total. The summed E-state index contributed by atoms with van der Waals surface area (Å²) in [6.45, 7) is 13.4. The Morgan fingerprint density at radius 2 is 1.83 bits per heavy atom. The molecule has 0 N–H and O–H groups in total. The summed E-state index contributed by atoms with van der Waals surface area (Å²) in [5, 5.41) is 0. The van der Waals surface area contributed by atoms with Crippen molar-refractivity contribution in [3.8, 4) is 5.75 Å². The molecule has 1 unspecified atom stereocenters. The van der Waals surface area contributed by atoms with Crippen molar-refractivity contribution >= 4 is 16.5 Å². The number of benzene rings is 2. The van der Waals surface area contributed by atoms with E-state index in [0.29, 0.717) is 0 Å². The molecule has 2 aromatic carbocycles. The van der Waals surface area contributed by atoms with Crippen LogP contribution in [0.5, 0.6) is 5.75 Å². The Balaban J connectivity index is 1.70. The van der Waals surface area contributed by atoms with Gasteiger partial charge in [0, 0.05) is 0 Å². The molecule has 0 heterocycles. The quantitative estimate of drug-likeness (QED) is 0.480. The first-order chi connectivity index (χ1) is 13.6. The van der Waals surface area contributed by atoms with E-state index >= 15 is 0 Å². The van der Waals surface area contributed by atoms with E-state index in [2.05, 4.69) is 107 Å². The monoisotopic (exact) mass is 418 g/mol. The molecule has 4 rings (SSSR count). The summed E-state index contributed by atoms with van der Waals surface area (Å²) in [5.41, 5.74) is 9.38. The maximum atomic E-state index is 6.65. The second-order valence-corrected chi connectivity index (χ2v) is 12.8. The Kier molecular flexibility index (Phi) is 4.96. The van der Waals surface area contributed by atoms with Crippen LogP contribution >= 0.6 is 0 Å². The molecule has 0 fully saturated rings. The molecule has 29 heavy (non-hydrogen) atoms. The van der Waals surface area contributed by atoms with Crippen LogP contribution < -0.4 is 3.32 Å². The first kappa shape index (κ1) is 20.3. The second kappa shape index (κ2) is 7.08. The third-order valence-electron chi connectivity index (χ3n) is 6.18. The second-order valence-electron chi connectivity index (χ2n) is 9.55. The fourth-order valence-electron chi connectivity index (χ4n) is 4.24. The normalized spacial score (nSPS) is 19.9. The Hall–Kier alpha value is -1.96. The molecule has 2 aliphatic carbocycles. The SMILES string of the molecule is [CH2]=[Ti]([O]c1cc(C)cc(C(C)(C)C)c1)[C]1(C)C=CC=C2C1=Cc1c(C)cccc12. The van der Waals surface area contributed by atoms with Gasteiger partial charge in [-0.3, -0.25) is 0 Å². The van der Waals surface area contributed by atoms with E-state index < -0.39 is 17.8 Å². The molecular weight excluding hydrogens is 388 g/mol. The zero-order valence-electron chi connectivity index (χ0n) is 18.4. The molecule has 0 saturated heterocycles. The van der Waals surface area contributed by atoms with Crippen molar-refractivity contribution in [2.24, 2.45) is 0 Å². The van der Waals surface area contributed by atoms with Crippen molar-refractivity contribution in [1.29, 1.82) is 0 Å². The molecule has 2 aliphatic rings. The van der Waals surface area contributed by atoms with Gasteiger partial charge in [0.15, 0.2) is 0 Å². The van der Waals surface area contributed by atoms with Gasteiger partial charge >= 0.3 is 182 Å². The van der Waals surface area contributed by atoms with Gasteiger partial charge < -0.3 is 0 Å². The van der Waals surface area contributed by atoms with Crippen LogP contribution in [-0.4, -0.2) is 4.82 Å². The van der Waals surface area contributed by atoms with Crippen LogP contribution in [0.3, 0.4) is 0 Å². The molecule has 0 saturated carbocycles. The van der Waals surface area contributed by atoms with Gasteiger partial charge in [0.2, 0.25) is 0 Å². The first-order valence-electron chi connectivity index (χ1n) is 10.3. The van der Waals surface area contributed by atoms with Crippen LogP contribution in [0.2, 0.25) is 3.72 Å². The van der Waals surface area contributed by atoms with Gasteiger partial charge in [-0.25, -0.2) is 0 Å². The van der Waals surface area contributed by atoms with Gasteiger partial charge in [0.25, 0.3) is 0 Å². The van der Waals surface area contributed by atoms with Crippen molar-refractivity contribution in [1.82, 2.24) is 0 Å². The molecule has 1 atom stereocenters. The van der Waals surface area contributed by atoms with Gasteiger partial charge in [-0.15, -0.1) is 0 Å². The van der Waals surface area contributed by atoms with Crippen molar-refractivity contribution in [2.75, 3.05) is 0 Å². The fraction of sp³-hybridized carbons (Fsp3) is 0.296. The molecule has 0 bridgehead atoms. The van der Waals surface area contributed by atoms with E-state index in [-0.39, 0.29) is 9.13 Å². The Labute approximate surface area is 181 Å². The average molecular weight is 418 g/mol. The third kappa shape index (κ3) is 3.56. The van der Waals surface area contributed by atoms with E-state index in [9.17, 15) is 0 Å². The summed E-state index contributed by atoms with van der Waals surface area (Å²) >= 11 is -2.22. The Morgan fingerprint density at radius 3 is 2.55 bits per heavy atom. The molecule has 0 radical (unpaired) electrons. The van der Waals surface area contributed by atoms with Crippen LogP contribution in [0.1, 0.15) is 55.5 Å². The van der Waals surface area contributed by atoms with E-state index in [1.807, 2.05) is 0 Å². The maximum absolute atomic E-state index is 6.65.